The number of nitrogens with one attached hydrogen (secondary N) is 2. The van der Waals surface area contributed by atoms with Crippen molar-refractivity contribution in [3.63, 3.8) is 0 Å². The van der Waals surface area contributed by atoms with Gasteiger partial charge in [-0.15, -0.1) is 0 Å². The van der Waals surface area contributed by atoms with Gasteiger partial charge in [0.1, 0.15) is 0 Å². The molecule has 2 aliphatic rings. The van der Waals surface area contributed by atoms with E-state index in [-0.39, 0.29) is 0 Å². The molecular weight excluding hydrogens is 386 g/mol. The SMILES string of the molecule is CCNC(=NCC1CCN(CCc2ccccc2)C1)NCCCN1CCCCCC1=O. The van der Waals surface area contributed by atoms with Crippen LogP contribution in [0.25, 0.3) is 0 Å². The molecule has 0 bridgehead atoms. The van der Waals surface area contributed by atoms with Gasteiger partial charge in [-0.1, -0.05) is 36.8 Å². The Kier molecular flexibility index (Phi) is 10.2. The highest BCUT2D eigenvalue weighted by atomic mass is 16.2. The van der Waals surface area contributed by atoms with Crippen molar-refractivity contribution in [1.82, 2.24) is 20.4 Å². The first kappa shape index (κ1) is 23.6. The third-order valence-electron chi connectivity index (χ3n) is 6.35. The van der Waals surface area contributed by atoms with Crippen LogP contribution in [0.15, 0.2) is 35.3 Å². The molecule has 2 fully saturated rings. The Morgan fingerprint density at radius 1 is 1.10 bits per heavy atom. The average molecular weight is 428 g/mol. The van der Waals surface area contributed by atoms with Crippen molar-refractivity contribution in [2.45, 2.75) is 51.9 Å². The normalized spacial score (nSPS) is 20.7. The van der Waals surface area contributed by atoms with Crippen LogP contribution in [0.1, 0.15) is 51.0 Å². The molecule has 2 saturated heterocycles. The number of likely N-dealkylation sites (tertiary alicyclic amines) is 2. The minimum atomic E-state index is 0.330. The van der Waals surface area contributed by atoms with Crippen molar-refractivity contribution in [2.24, 2.45) is 10.9 Å². The molecule has 6 nitrogen and oxygen atoms in total. The van der Waals surface area contributed by atoms with Gasteiger partial charge in [-0.3, -0.25) is 9.79 Å². The number of amides is 1. The number of hydrogen-bond donors (Lipinski definition) is 2. The Hall–Kier alpha value is -2.08. The van der Waals surface area contributed by atoms with Crippen molar-refractivity contribution in [3.05, 3.63) is 35.9 Å². The van der Waals surface area contributed by atoms with E-state index in [2.05, 4.69) is 52.8 Å². The summed E-state index contributed by atoms with van der Waals surface area (Å²) >= 11 is 0. The molecule has 172 valence electrons. The van der Waals surface area contributed by atoms with Crippen molar-refractivity contribution >= 4 is 11.9 Å². The largest absolute Gasteiger partial charge is 0.357 e. The molecule has 1 aromatic carbocycles. The summed E-state index contributed by atoms with van der Waals surface area (Å²) in [5.74, 6) is 1.88. The second kappa shape index (κ2) is 13.4. The Labute approximate surface area is 188 Å². The molecule has 0 aromatic heterocycles. The topological polar surface area (TPSA) is 60.0 Å². The Morgan fingerprint density at radius 2 is 1.97 bits per heavy atom. The number of rotatable bonds is 10. The molecule has 2 aliphatic heterocycles. The average Bonchev–Trinajstić information content (AvgIpc) is 3.15. The van der Waals surface area contributed by atoms with E-state index in [4.69, 9.17) is 4.99 Å². The molecule has 31 heavy (non-hydrogen) atoms. The fourth-order valence-corrected chi connectivity index (χ4v) is 4.51. The number of guanidine groups is 1. The minimum Gasteiger partial charge on any atom is -0.357 e. The van der Waals surface area contributed by atoms with Gasteiger partial charge in [-0.05, 0) is 57.1 Å². The lowest BCUT2D eigenvalue weighted by molar-refractivity contribution is -0.130. The van der Waals surface area contributed by atoms with Gasteiger partial charge in [0.2, 0.25) is 5.91 Å². The summed E-state index contributed by atoms with van der Waals surface area (Å²) in [4.78, 5) is 21.6. The lowest BCUT2D eigenvalue weighted by Gasteiger charge is -2.21. The molecule has 2 heterocycles. The third-order valence-corrected chi connectivity index (χ3v) is 6.35. The Morgan fingerprint density at radius 3 is 2.81 bits per heavy atom. The molecule has 0 saturated carbocycles. The number of carbonyl (C=O) groups excluding carboxylic acids is 1. The van der Waals surface area contributed by atoms with Gasteiger partial charge in [0.25, 0.3) is 0 Å². The maximum atomic E-state index is 12.1. The third kappa shape index (κ3) is 8.52. The predicted molar refractivity (Wildman–Crippen MR) is 128 cm³/mol. The molecule has 0 radical (unpaired) electrons. The van der Waals surface area contributed by atoms with Gasteiger partial charge in [-0.2, -0.15) is 0 Å². The van der Waals surface area contributed by atoms with E-state index < -0.39 is 0 Å². The molecule has 2 N–H and O–H groups in total. The van der Waals surface area contributed by atoms with E-state index in [1.165, 1.54) is 24.9 Å². The van der Waals surface area contributed by atoms with E-state index in [0.717, 1.165) is 83.9 Å². The second-order valence-electron chi connectivity index (χ2n) is 8.88. The number of benzene rings is 1. The van der Waals surface area contributed by atoms with Crippen molar-refractivity contribution in [1.29, 1.82) is 0 Å². The van der Waals surface area contributed by atoms with E-state index in [1.54, 1.807) is 0 Å². The lowest BCUT2D eigenvalue weighted by atomic mass is 10.1. The molecule has 1 amide bonds. The molecule has 6 heteroatoms. The summed E-state index contributed by atoms with van der Waals surface area (Å²) in [6, 6.07) is 10.8. The van der Waals surface area contributed by atoms with E-state index in [1.807, 2.05) is 4.90 Å². The number of aliphatic imine (C=N–C) groups is 1. The zero-order chi connectivity index (χ0) is 21.7. The summed E-state index contributed by atoms with van der Waals surface area (Å²) in [7, 11) is 0. The standard InChI is InChI=1S/C25H41N5O/c1-2-26-25(27-15-9-17-30-16-8-4-7-12-24(30)31)28-20-23-14-19-29(21-23)18-13-22-10-5-3-6-11-22/h3,5-6,10-11,23H,2,4,7-9,12-21H2,1H3,(H2,26,27,28). The van der Waals surface area contributed by atoms with E-state index >= 15 is 0 Å². The highest BCUT2D eigenvalue weighted by molar-refractivity contribution is 5.79. The van der Waals surface area contributed by atoms with Crippen molar-refractivity contribution in [2.75, 3.05) is 52.4 Å². The summed E-state index contributed by atoms with van der Waals surface area (Å²) in [6.07, 6.45) is 7.43. The Bertz CT molecular complexity index is 678. The van der Waals surface area contributed by atoms with Gasteiger partial charge in [-0.25, -0.2) is 0 Å². The van der Waals surface area contributed by atoms with Crippen molar-refractivity contribution < 1.29 is 4.79 Å². The first-order chi connectivity index (χ1) is 15.2. The summed E-state index contributed by atoms with van der Waals surface area (Å²) < 4.78 is 0. The highest BCUT2D eigenvalue weighted by Gasteiger charge is 2.22. The molecule has 1 aromatic rings. The van der Waals surface area contributed by atoms with Crippen LogP contribution in [0.2, 0.25) is 0 Å². The Balaban J connectivity index is 1.34. The predicted octanol–water partition coefficient (Wildman–Crippen LogP) is 2.90. The van der Waals surface area contributed by atoms with Crippen LogP contribution in [0.5, 0.6) is 0 Å². The van der Waals surface area contributed by atoms with Crippen LogP contribution in [0.3, 0.4) is 0 Å². The van der Waals surface area contributed by atoms with E-state index in [9.17, 15) is 4.79 Å². The van der Waals surface area contributed by atoms with E-state index in [0.29, 0.717) is 11.8 Å². The molecule has 1 atom stereocenters. The molecular formula is C25H41N5O. The van der Waals surface area contributed by atoms with Crippen LogP contribution >= 0.6 is 0 Å². The molecule has 3 rings (SSSR count). The summed E-state index contributed by atoms with van der Waals surface area (Å²) in [6.45, 7) is 9.94. The highest BCUT2D eigenvalue weighted by Crippen LogP contribution is 2.17. The second-order valence-corrected chi connectivity index (χ2v) is 8.88. The lowest BCUT2D eigenvalue weighted by Crippen LogP contribution is -2.40. The monoisotopic (exact) mass is 427 g/mol. The van der Waals surface area contributed by atoms with Crippen LogP contribution < -0.4 is 10.6 Å². The fraction of sp³-hybridized carbons (Fsp3) is 0.680. The maximum Gasteiger partial charge on any atom is 0.222 e. The van der Waals surface area contributed by atoms with Crippen LogP contribution in [0, 0.1) is 5.92 Å². The van der Waals surface area contributed by atoms with Gasteiger partial charge in [0, 0.05) is 52.2 Å². The van der Waals surface area contributed by atoms with Gasteiger partial charge in [0.15, 0.2) is 5.96 Å². The van der Waals surface area contributed by atoms with Crippen molar-refractivity contribution in [3.8, 4) is 0 Å². The number of carbonyl (C=O) groups is 1. The minimum absolute atomic E-state index is 0.330. The fourth-order valence-electron chi connectivity index (χ4n) is 4.51. The molecule has 0 aliphatic carbocycles. The van der Waals surface area contributed by atoms with Gasteiger partial charge < -0.3 is 20.4 Å². The summed E-state index contributed by atoms with van der Waals surface area (Å²) in [5, 5.41) is 6.83. The first-order valence-electron chi connectivity index (χ1n) is 12.3. The molecule has 1 unspecified atom stereocenters. The zero-order valence-corrected chi connectivity index (χ0v) is 19.3. The number of hydrogen-bond acceptors (Lipinski definition) is 3. The van der Waals surface area contributed by atoms with Gasteiger partial charge >= 0.3 is 0 Å². The van der Waals surface area contributed by atoms with Crippen LogP contribution in [-0.2, 0) is 11.2 Å². The summed E-state index contributed by atoms with van der Waals surface area (Å²) in [5.41, 5.74) is 1.42. The van der Waals surface area contributed by atoms with Crippen LogP contribution in [0.4, 0.5) is 0 Å². The number of nitrogens with zero attached hydrogens (tertiary/aromatic N) is 3. The zero-order valence-electron chi connectivity index (χ0n) is 19.3. The maximum absolute atomic E-state index is 12.1. The van der Waals surface area contributed by atoms with Gasteiger partial charge in [0.05, 0.1) is 0 Å². The quantitative estimate of drug-likeness (QED) is 0.342. The first-order valence-corrected chi connectivity index (χ1v) is 12.3. The molecule has 0 spiro atoms. The van der Waals surface area contributed by atoms with Crippen LogP contribution in [-0.4, -0.2) is 74.0 Å². The smallest absolute Gasteiger partial charge is 0.222 e.